The summed E-state index contributed by atoms with van der Waals surface area (Å²) < 4.78 is 0.830. The molecule has 15 heavy (non-hydrogen) atoms. The third-order valence-electron chi connectivity index (χ3n) is 1.81. The summed E-state index contributed by atoms with van der Waals surface area (Å²) in [6.45, 7) is 0.512. The Morgan fingerprint density at radius 3 is 3.00 bits per heavy atom. The predicted octanol–water partition coefficient (Wildman–Crippen LogP) is 0.974. The molecule has 0 spiro atoms. The molecule has 0 saturated heterocycles. The van der Waals surface area contributed by atoms with Crippen molar-refractivity contribution in [2.75, 3.05) is 24.6 Å². The molecule has 1 rings (SSSR count). The minimum Gasteiger partial charge on any atom is -0.396 e. The smallest absolute Gasteiger partial charge is 0.221 e. The van der Waals surface area contributed by atoms with Gasteiger partial charge in [-0.3, -0.25) is 4.79 Å². The molecule has 0 unspecified atom stereocenters. The number of nitrogens with one attached hydrogen (secondary N) is 2. The maximum absolute atomic E-state index is 10.9. The fourth-order valence-corrected chi connectivity index (χ4v) is 1.37. The minimum absolute atomic E-state index is 0.0156. The fourth-order valence-electron chi connectivity index (χ4n) is 1.02. The standard InChI is InChI=1S/C9H13BrN4O/c1-12-8(15)2-3-13-9-7(11)4-6(10)5-14-9/h4-5H,2-3,11H2,1H3,(H,12,15)(H,13,14). The van der Waals surface area contributed by atoms with Crippen LogP contribution in [0.4, 0.5) is 11.5 Å². The Labute approximate surface area is 96.6 Å². The summed E-state index contributed by atoms with van der Waals surface area (Å²) in [7, 11) is 1.61. The van der Waals surface area contributed by atoms with Crippen molar-refractivity contribution < 1.29 is 4.79 Å². The van der Waals surface area contributed by atoms with Crippen LogP contribution in [-0.4, -0.2) is 24.5 Å². The molecular weight excluding hydrogens is 260 g/mol. The molecular formula is C9H13BrN4O. The number of carbonyl (C=O) groups is 1. The average Bonchev–Trinajstić information content (AvgIpc) is 2.21. The van der Waals surface area contributed by atoms with E-state index < -0.39 is 0 Å². The van der Waals surface area contributed by atoms with Crippen LogP contribution in [0.5, 0.6) is 0 Å². The van der Waals surface area contributed by atoms with Gasteiger partial charge in [-0.25, -0.2) is 4.98 Å². The van der Waals surface area contributed by atoms with Crippen molar-refractivity contribution in [3.8, 4) is 0 Å². The van der Waals surface area contributed by atoms with Crippen molar-refractivity contribution in [1.82, 2.24) is 10.3 Å². The van der Waals surface area contributed by atoms with Crippen LogP contribution in [0.3, 0.4) is 0 Å². The van der Waals surface area contributed by atoms with E-state index in [4.69, 9.17) is 5.73 Å². The Hall–Kier alpha value is -1.30. The van der Waals surface area contributed by atoms with Gasteiger partial charge >= 0.3 is 0 Å². The molecule has 0 atom stereocenters. The number of rotatable bonds is 4. The largest absolute Gasteiger partial charge is 0.396 e. The summed E-state index contributed by atoms with van der Waals surface area (Å²) in [6, 6.07) is 1.76. The van der Waals surface area contributed by atoms with Gasteiger partial charge in [0.1, 0.15) is 5.82 Å². The Morgan fingerprint density at radius 2 is 2.40 bits per heavy atom. The quantitative estimate of drug-likeness (QED) is 0.763. The Bertz CT molecular complexity index is 356. The summed E-state index contributed by atoms with van der Waals surface area (Å²) >= 11 is 3.26. The van der Waals surface area contributed by atoms with E-state index in [1.54, 1.807) is 19.3 Å². The number of hydrogen-bond acceptors (Lipinski definition) is 4. The molecule has 0 aromatic carbocycles. The number of nitrogens with two attached hydrogens (primary N) is 1. The molecule has 0 saturated carbocycles. The zero-order valence-electron chi connectivity index (χ0n) is 8.38. The van der Waals surface area contributed by atoms with Gasteiger partial charge in [0.15, 0.2) is 0 Å². The Morgan fingerprint density at radius 1 is 1.67 bits per heavy atom. The minimum atomic E-state index is -0.0156. The van der Waals surface area contributed by atoms with Gasteiger partial charge in [-0.2, -0.15) is 0 Å². The zero-order valence-corrected chi connectivity index (χ0v) is 9.97. The molecule has 0 bridgehead atoms. The van der Waals surface area contributed by atoms with Crippen molar-refractivity contribution in [1.29, 1.82) is 0 Å². The van der Waals surface area contributed by atoms with Gasteiger partial charge in [-0.15, -0.1) is 0 Å². The van der Waals surface area contributed by atoms with E-state index in [1.807, 2.05) is 0 Å². The topological polar surface area (TPSA) is 80.0 Å². The highest BCUT2D eigenvalue weighted by atomic mass is 79.9. The number of hydrogen-bond donors (Lipinski definition) is 3. The van der Waals surface area contributed by atoms with Crippen LogP contribution >= 0.6 is 15.9 Å². The molecule has 1 amide bonds. The molecule has 82 valence electrons. The van der Waals surface area contributed by atoms with Crippen LogP contribution in [0.1, 0.15) is 6.42 Å². The number of nitrogens with zero attached hydrogens (tertiary/aromatic N) is 1. The molecule has 4 N–H and O–H groups in total. The van der Waals surface area contributed by atoms with Crippen molar-refractivity contribution in [3.05, 3.63) is 16.7 Å². The lowest BCUT2D eigenvalue weighted by Crippen LogP contribution is -2.21. The highest BCUT2D eigenvalue weighted by Gasteiger charge is 2.02. The molecule has 0 radical (unpaired) electrons. The molecule has 1 heterocycles. The molecule has 0 fully saturated rings. The highest BCUT2D eigenvalue weighted by molar-refractivity contribution is 9.10. The maximum Gasteiger partial charge on any atom is 0.221 e. The molecule has 1 aromatic rings. The van der Waals surface area contributed by atoms with Crippen LogP contribution in [-0.2, 0) is 4.79 Å². The lowest BCUT2D eigenvalue weighted by atomic mass is 10.3. The second-order valence-electron chi connectivity index (χ2n) is 2.94. The number of anilines is 2. The summed E-state index contributed by atoms with van der Waals surface area (Å²) in [5.74, 6) is 0.584. The number of amides is 1. The van der Waals surface area contributed by atoms with Gasteiger partial charge in [0.25, 0.3) is 0 Å². The van der Waals surface area contributed by atoms with Crippen LogP contribution in [0.15, 0.2) is 16.7 Å². The van der Waals surface area contributed by atoms with E-state index in [1.165, 1.54) is 0 Å². The fraction of sp³-hybridized carbons (Fsp3) is 0.333. The number of pyridine rings is 1. The molecule has 6 heteroatoms. The predicted molar refractivity (Wildman–Crippen MR) is 63.5 cm³/mol. The second-order valence-corrected chi connectivity index (χ2v) is 3.86. The van der Waals surface area contributed by atoms with Crippen LogP contribution in [0.2, 0.25) is 0 Å². The van der Waals surface area contributed by atoms with Crippen molar-refractivity contribution in [3.63, 3.8) is 0 Å². The lowest BCUT2D eigenvalue weighted by molar-refractivity contribution is -0.120. The van der Waals surface area contributed by atoms with E-state index in [-0.39, 0.29) is 5.91 Å². The summed E-state index contributed by atoms with van der Waals surface area (Å²) in [5.41, 5.74) is 6.27. The third-order valence-corrected chi connectivity index (χ3v) is 2.24. The van der Waals surface area contributed by atoms with E-state index >= 15 is 0 Å². The zero-order chi connectivity index (χ0) is 11.3. The first-order chi connectivity index (χ1) is 7.13. The monoisotopic (exact) mass is 272 g/mol. The van der Waals surface area contributed by atoms with Gasteiger partial charge in [-0.05, 0) is 22.0 Å². The van der Waals surface area contributed by atoms with Crippen molar-refractivity contribution >= 4 is 33.3 Å². The van der Waals surface area contributed by atoms with Crippen LogP contribution < -0.4 is 16.4 Å². The summed E-state index contributed by atoms with van der Waals surface area (Å²) in [6.07, 6.45) is 2.05. The molecule has 0 aliphatic heterocycles. The first-order valence-corrected chi connectivity index (χ1v) is 5.28. The summed E-state index contributed by atoms with van der Waals surface area (Å²) in [4.78, 5) is 15.0. The van der Waals surface area contributed by atoms with E-state index in [2.05, 4.69) is 31.5 Å². The molecule has 1 aromatic heterocycles. The lowest BCUT2D eigenvalue weighted by Gasteiger charge is -2.07. The van der Waals surface area contributed by atoms with E-state index in [9.17, 15) is 4.79 Å². The summed E-state index contributed by atoms with van der Waals surface area (Å²) in [5, 5.41) is 5.52. The second kappa shape index (κ2) is 5.55. The normalized spacial score (nSPS) is 9.73. The molecule has 0 aliphatic rings. The Kier molecular flexibility index (Phi) is 4.36. The van der Waals surface area contributed by atoms with Gasteiger partial charge < -0.3 is 16.4 Å². The Balaban J connectivity index is 2.47. The maximum atomic E-state index is 10.9. The SMILES string of the molecule is CNC(=O)CCNc1ncc(Br)cc1N. The van der Waals surface area contributed by atoms with Gasteiger partial charge in [-0.1, -0.05) is 0 Å². The molecule has 0 aliphatic carbocycles. The van der Waals surface area contributed by atoms with Gasteiger partial charge in [0, 0.05) is 30.7 Å². The van der Waals surface area contributed by atoms with Crippen LogP contribution in [0, 0.1) is 0 Å². The number of carbonyl (C=O) groups excluding carboxylic acids is 1. The van der Waals surface area contributed by atoms with E-state index in [0.29, 0.717) is 24.5 Å². The molecule has 5 nitrogen and oxygen atoms in total. The van der Waals surface area contributed by atoms with Crippen LogP contribution in [0.25, 0.3) is 0 Å². The first-order valence-electron chi connectivity index (χ1n) is 4.49. The van der Waals surface area contributed by atoms with Crippen molar-refractivity contribution in [2.45, 2.75) is 6.42 Å². The third kappa shape index (κ3) is 3.75. The van der Waals surface area contributed by atoms with E-state index in [0.717, 1.165) is 4.47 Å². The number of aromatic nitrogens is 1. The number of halogens is 1. The van der Waals surface area contributed by atoms with Gasteiger partial charge in [0.05, 0.1) is 5.69 Å². The average molecular weight is 273 g/mol. The van der Waals surface area contributed by atoms with Crippen molar-refractivity contribution in [2.24, 2.45) is 0 Å². The number of nitrogen functional groups attached to an aromatic ring is 1. The van der Waals surface area contributed by atoms with Gasteiger partial charge in [0.2, 0.25) is 5.91 Å². The highest BCUT2D eigenvalue weighted by Crippen LogP contribution is 2.19. The first kappa shape index (κ1) is 11.8.